The van der Waals surface area contributed by atoms with E-state index in [1.54, 1.807) is 11.8 Å². The van der Waals surface area contributed by atoms with E-state index in [2.05, 4.69) is 10.6 Å². The van der Waals surface area contributed by atoms with Gasteiger partial charge in [0.15, 0.2) is 0 Å². The van der Waals surface area contributed by atoms with Crippen molar-refractivity contribution in [2.24, 2.45) is 0 Å². The third-order valence-electron chi connectivity index (χ3n) is 3.41. The lowest BCUT2D eigenvalue weighted by Gasteiger charge is -2.27. The molecule has 1 atom stereocenters. The number of hydrogen-bond acceptors (Lipinski definition) is 3. The molecule has 0 aliphatic heterocycles. The van der Waals surface area contributed by atoms with Crippen LogP contribution in [0.15, 0.2) is 0 Å². The largest absolute Gasteiger partial charge is 0.350 e. The van der Waals surface area contributed by atoms with Crippen molar-refractivity contribution in [3.8, 4) is 0 Å². The molecular weight excluding hydrogens is 242 g/mol. The van der Waals surface area contributed by atoms with Crippen LogP contribution in [0.4, 0.5) is 0 Å². The fourth-order valence-electron chi connectivity index (χ4n) is 1.55. The summed E-state index contributed by atoms with van der Waals surface area (Å²) in [6.07, 6.45) is 0.865. The molecule has 0 aromatic carbocycles. The van der Waals surface area contributed by atoms with Gasteiger partial charge in [-0.1, -0.05) is 6.92 Å². The van der Waals surface area contributed by atoms with Gasteiger partial charge in [0.1, 0.15) is 0 Å². The van der Waals surface area contributed by atoms with E-state index in [9.17, 15) is 9.59 Å². The Hall–Kier alpha value is -1.10. The first kappa shape index (κ1) is 17.9. The average Bonchev–Trinajstić information content (AvgIpc) is 2.36. The van der Waals surface area contributed by atoms with Crippen LogP contribution in [0.25, 0.3) is 0 Å². The summed E-state index contributed by atoms with van der Waals surface area (Å²) in [5.41, 5.74) is -0.212. The van der Waals surface area contributed by atoms with Crippen LogP contribution in [0.1, 0.15) is 48.0 Å². The molecule has 0 aromatic rings. The Kier molecular flexibility index (Phi) is 7.68. The lowest BCUT2D eigenvalue weighted by atomic mass is 10.0. The second-order valence-electron chi connectivity index (χ2n) is 5.40. The number of carbonyl (C=O) groups is 2. The zero-order valence-corrected chi connectivity index (χ0v) is 13.2. The molecule has 112 valence electrons. The van der Waals surface area contributed by atoms with Gasteiger partial charge in [0.05, 0.1) is 12.6 Å². The van der Waals surface area contributed by atoms with Crippen LogP contribution < -0.4 is 10.6 Å². The smallest absolute Gasteiger partial charge is 0.237 e. The normalized spacial score (nSPS) is 12.9. The number of likely N-dealkylation sites (N-methyl/N-ethyl adjacent to an activating group) is 1. The Morgan fingerprint density at radius 1 is 1.16 bits per heavy atom. The quantitative estimate of drug-likeness (QED) is 0.696. The number of rotatable bonds is 8. The molecule has 2 N–H and O–H groups in total. The molecule has 0 aliphatic carbocycles. The van der Waals surface area contributed by atoms with Gasteiger partial charge in [-0.05, 0) is 41.0 Å². The van der Waals surface area contributed by atoms with Crippen molar-refractivity contribution >= 4 is 11.8 Å². The van der Waals surface area contributed by atoms with E-state index in [1.165, 1.54) is 0 Å². The van der Waals surface area contributed by atoms with Gasteiger partial charge in [-0.3, -0.25) is 14.9 Å². The molecule has 0 aliphatic rings. The Balaban J connectivity index is 4.21. The van der Waals surface area contributed by atoms with Crippen LogP contribution in [0.2, 0.25) is 0 Å². The van der Waals surface area contributed by atoms with E-state index in [4.69, 9.17) is 0 Å². The molecule has 2 amide bonds. The third-order valence-corrected chi connectivity index (χ3v) is 3.41. The van der Waals surface area contributed by atoms with E-state index in [-0.39, 0.29) is 29.9 Å². The first-order valence-corrected chi connectivity index (χ1v) is 7.10. The Bertz CT molecular complexity index is 299. The topological polar surface area (TPSA) is 61.4 Å². The van der Waals surface area contributed by atoms with Crippen LogP contribution in [0.5, 0.6) is 0 Å². The van der Waals surface area contributed by atoms with E-state index in [0.29, 0.717) is 13.1 Å². The number of carbonyl (C=O) groups excluding carboxylic acids is 2. The van der Waals surface area contributed by atoms with Crippen LogP contribution in [-0.4, -0.2) is 47.9 Å². The monoisotopic (exact) mass is 271 g/mol. The van der Waals surface area contributed by atoms with Crippen molar-refractivity contribution in [1.29, 1.82) is 0 Å². The molecule has 5 heteroatoms. The van der Waals surface area contributed by atoms with Gasteiger partial charge in [0.2, 0.25) is 11.8 Å². The van der Waals surface area contributed by atoms with Gasteiger partial charge >= 0.3 is 0 Å². The standard InChI is InChI=1S/C14H29N3O2/c1-7-14(5,6)16-13(19)11(4)15-10-12(18)17(8-2)9-3/h11,15H,7-10H2,1-6H3,(H,16,19). The molecule has 1 unspecified atom stereocenters. The van der Waals surface area contributed by atoms with Gasteiger partial charge in [0.25, 0.3) is 0 Å². The van der Waals surface area contributed by atoms with Crippen LogP contribution >= 0.6 is 0 Å². The average molecular weight is 271 g/mol. The molecule has 0 fully saturated rings. The Morgan fingerprint density at radius 3 is 2.11 bits per heavy atom. The highest BCUT2D eigenvalue weighted by molar-refractivity contribution is 5.83. The maximum atomic E-state index is 11.9. The van der Waals surface area contributed by atoms with E-state index < -0.39 is 0 Å². The molecule has 0 saturated heterocycles. The molecule has 5 nitrogen and oxygen atoms in total. The Labute approximate surface area is 117 Å². The highest BCUT2D eigenvalue weighted by Gasteiger charge is 2.22. The summed E-state index contributed by atoms with van der Waals surface area (Å²) in [5.74, 6) is -0.0430. The molecule has 0 aromatic heterocycles. The summed E-state index contributed by atoms with van der Waals surface area (Å²) in [7, 11) is 0. The van der Waals surface area contributed by atoms with Gasteiger partial charge < -0.3 is 10.2 Å². The minimum absolute atomic E-state index is 0.0272. The summed E-state index contributed by atoms with van der Waals surface area (Å²) < 4.78 is 0. The lowest BCUT2D eigenvalue weighted by Crippen LogP contribution is -2.52. The maximum absolute atomic E-state index is 11.9. The van der Waals surface area contributed by atoms with Gasteiger partial charge in [0, 0.05) is 18.6 Å². The second kappa shape index (κ2) is 8.15. The maximum Gasteiger partial charge on any atom is 0.237 e. The Morgan fingerprint density at radius 2 is 1.68 bits per heavy atom. The first-order valence-electron chi connectivity index (χ1n) is 7.10. The predicted octanol–water partition coefficient (Wildman–Crippen LogP) is 1.14. The van der Waals surface area contributed by atoms with Crippen molar-refractivity contribution in [1.82, 2.24) is 15.5 Å². The predicted molar refractivity (Wildman–Crippen MR) is 77.9 cm³/mol. The molecule has 0 saturated carbocycles. The van der Waals surface area contributed by atoms with Crippen LogP contribution in [0, 0.1) is 0 Å². The van der Waals surface area contributed by atoms with E-state index in [0.717, 1.165) is 6.42 Å². The van der Waals surface area contributed by atoms with Crippen LogP contribution in [-0.2, 0) is 9.59 Å². The van der Waals surface area contributed by atoms with E-state index in [1.807, 2.05) is 34.6 Å². The van der Waals surface area contributed by atoms with Crippen molar-refractivity contribution < 1.29 is 9.59 Å². The fourth-order valence-corrected chi connectivity index (χ4v) is 1.55. The second-order valence-corrected chi connectivity index (χ2v) is 5.40. The summed E-state index contributed by atoms with van der Waals surface area (Å²) in [6.45, 7) is 13.3. The van der Waals surface area contributed by atoms with E-state index >= 15 is 0 Å². The summed E-state index contributed by atoms with van der Waals surface area (Å²) in [5, 5.41) is 5.93. The molecule has 19 heavy (non-hydrogen) atoms. The minimum Gasteiger partial charge on any atom is -0.350 e. The number of nitrogens with one attached hydrogen (secondary N) is 2. The molecule has 0 bridgehead atoms. The van der Waals surface area contributed by atoms with Crippen molar-refractivity contribution in [3.63, 3.8) is 0 Å². The van der Waals surface area contributed by atoms with Crippen molar-refractivity contribution in [2.75, 3.05) is 19.6 Å². The van der Waals surface area contributed by atoms with Crippen molar-refractivity contribution in [3.05, 3.63) is 0 Å². The molecule has 0 heterocycles. The molecule has 0 spiro atoms. The van der Waals surface area contributed by atoms with Gasteiger partial charge in [-0.15, -0.1) is 0 Å². The van der Waals surface area contributed by atoms with Gasteiger partial charge in [-0.25, -0.2) is 0 Å². The first-order chi connectivity index (χ1) is 8.77. The fraction of sp³-hybridized carbons (Fsp3) is 0.857. The number of nitrogens with zero attached hydrogens (tertiary/aromatic N) is 1. The van der Waals surface area contributed by atoms with Crippen LogP contribution in [0.3, 0.4) is 0 Å². The highest BCUT2D eigenvalue weighted by Crippen LogP contribution is 2.06. The molecule has 0 radical (unpaired) electrons. The molecular formula is C14H29N3O2. The zero-order valence-electron chi connectivity index (χ0n) is 13.2. The summed E-state index contributed by atoms with van der Waals surface area (Å²) in [6, 6.07) is -0.370. The SMILES string of the molecule is CCN(CC)C(=O)CNC(C)C(=O)NC(C)(C)CC. The lowest BCUT2D eigenvalue weighted by molar-refractivity contribution is -0.130. The minimum atomic E-state index is -0.370. The zero-order chi connectivity index (χ0) is 15.1. The summed E-state index contributed by atoms with van der Waals surface area (Å²) in [4.78, 5) is 25.5. The highest BCUT2D eigenvalue weighted by atomic mass is 16.2. The number of amides is 2. The number of hydrogen-bond donors (Lipinski definition) is 2. The summed E-state index contributed by atoms with van der Waals surface area (Å²) >= 11 is 0. The van der Waals surface area contributed by atoms with Gasteiger partial charge in [-0.2, -0.15) is 0 Å². The third kappa shape index (κ3) is 6.57. The van der Waals surface area contributed by atoms with Crippen molar-refractivity contribution in [2.45, 2.75) is 59.5 Å². The molecule has 0 rings (SSSR count).